The largest absolute Gasteiger partial charge is 0.469 e. The summed E-state index contributed by atoms with van der Waals surface area (Å²) < 4.78 is 43.0. The Balaban J connectivity index is 1.75. The van der Waals surface area contributed by atoms with Crippen LogP contribution in [-0.2, 0) is 6.18 Å². The molecule has 0 aliphatic carbocycles. The Hall–Kier alpha value is -2.42. The summed E-state index contributed by atoms with van der Waals surface area (Å²) in [4.78, 5) is 11.5. The van der Waals surface area contributed by atoms with E-state index in [0.29, 0.717) is 17.4 Å². The average molecular weight is 311 g/mol. The molecule has 9 heteroatoms. The van der Waals surface area contributed by atoms with Crippen molar-refractivity contribution in [2.45, 2.75) is 12.3 Å². The van der Waals surface area contributed by atoms with E-state index in [1.54, 1.807) is 0 Å². The summed E-state index contributed by atoms with van der Waals surface area (Å²) in [5, 5.41) is 5.92. The summed E-state index contributed by atoms with van der Waals surface area (Å²) in [5.74, 6) is 0.629. The summed E-state index contributed by atoms with van der Waals surface area (Å²) in [6.45, 7) is 1.44. The predicted octanol–water partition coefficient (Wildman–Crippen LogP) is 1.98. The van der Waals surface area contributed by atoms with Gasteiger partial charge >= 0.3 is 6.18 Å². The molecule has 0 unspecified atom stereocenters. The van der Waals surface area contributed by atoms with Gasteiger partial charge in [0, 0.05) is 25.5 Å². The van der Waals surface area contributed by atoms with Crippen LogP contribution in [0, 0.1) is 0 Å². The van der Waals surface area contributed by atoms with E-state index in [2.05, 4.69) is 25.6 Å². The number of hydrogen-bond acceptors (Lipinski definition) is 6. The van der Waals surface area contributed by atoms with E-state index in [4.69, 9.17) is 4.74 Å². The van der Waals surface area contributed by atoms with E-state index >= 15 is 0 Å². The minimum Gasteiger partial charge on any atom is -0.469 e. The van der Waals surface area contributed by atoms with Crippen molar-refractivity contribution in [3.63, 3.8) is 0 Å². The van der Waals surface area contributed by atoms with Crippen molar-refractivity contribution in [1.29, 1.82) is 0 Å². The molecular weight excluding hydrogens is 299 g/mol. The minimum absolute atomic E-state index is 0.0166. The molecule has 0 spiro atoms. The van der Waals surface area contributed by atoms with Gasteiger partial charge in [-0.3, -0.25) is 0 Å². The van der Waals surface area contributed by atoms with Crippen LogP contribution in [-0.4, -0.2) is 34.1 Å². The van der Waals surface area contributed by atoms with Gasteiger partial charge in [-0.1, -0.05) is 0 Å². The fourth-order valence-electron chi connectivity index (χ4n) is 1.77. The van der Waals surface area contributed by atoms with Gasteiger partial charge in [0.2, 0.25) is 0 Å². The monoisotopic (exact) mass is 311 g/mol. The third-order valence-corrected chi connectivity index (χ3v) is 3.00. The first-order valence-electron chi connectivity index (χ1n) is 6.51. The molecule has 1 aliphatic heterocycles. The zero-order chi connectivity index (χ0) is 15.6. The molecule has 1 fully saturated rings. The number of alkyl halides is 3. The quantitative estimate of drug-likeness (QED) is 0.900. The molecular formula is C13H12F3N5O. The van der Waals surface area contributed by atoms with Gasteiger partial charge in [0.1, 0.15) is 11.8 Å². The molecule has 22 heavy (non-hydrogen) atoms. The molecule has 116 valence electrons. The highest BCUT2D eigenvalue weighted by Gasteiger charge is 2.32. The van der Waals surface area contributed by atoms with E-state index in [-0.39, 0.29) is 6.10 Å². The topological polar surface area (TPSA) is 72.0 Å². The Labute approximate surface area is 123 Å². The summed E-state index contributed by atoms with van der Waals surface area (Å²) in [6.07, 6.45) is -0.408. The van der Waals surface area contributed by atoms with Crippen molar-refractivity contribution >= 4 is 11.5 Å². The Morgan fingerprint density at radius 2 is 1.91 bits per heavy atom. The lowest BCUT2D eigenvalue weighted by Crippen LogP contribution is -2.50. The standard InChI is InChI=1S/C13H12F3N5O/c14-13(15,16)10-2-1-8(5-20-10)21-11-12(19-4-3-18-11)22-9-6-17-7-9/h1-5,9,17H,6-7H2,(H,18,21). The molecule has 0 bridgehead atoms. The second-order valence-electron chi connectivity index (χ2n) is 4.66. The van der Waals surface area contributed by atoms with Gasteiger partial charge in [0.05, 0.1) is 11.9 Å². The lowest BCUT2D eigenvalue weighted by molar-refractivity contribution is -0.141. The van der Waals surface area contributed by atoms with Crippen LogP contribution in [0.25, 0.3) is 0 Å². The summed E-state index contributed by atoms with van der Waals surface area (Å²) >= 11 is 0. The molecule has 0 atom stereocenters. The van der Waals surface area contributed by atoms with Gasteiger partial charge in [-0.15, -0.1) is 0 Å². The Kier molecular flexibility index (Phi) is 3.80. The minimum atomic E-state index is -4.46. The molecule has 6 nitrogen and oxygen atoms in total. The predicted molar refractivity (Wildman–Crippen MR) is 71.8 cm³/mol. The number of nitrogens with zero attached hydrogens (tertiary/aromatic N) is 3. The molecule has 2 N–H and O–H groups in total. The number of nitrogens with one attached hydrogen (secondary N) is 2. The number of aromatic nitrogens is 3. The van der Waals surface area contributed by atoms with Crippen LogP contribution < -0.4 is 15.4 Å². The Morgan fingerprint density at radius 1 is 1.14 bits per heavy atom. The fraction of sp³-hybridized carbons (Fsp3) is 0.308. The molecule has 1 aliphatic rings. The van der Waals surface area contributed by atoms with E-state index in [1.807, 2.05) is 0 Å². The van der Waals surface area contributed by atoms with Crippen molar-refractivity contribution in [1.82, 2.24) is 20.3 Å². The van der Waals surface area contributed by atoms with Gasteiger partial charge in [0.25, 0.3) is 5.88 Å². The first kappa shape index (κ1) is 14.5. The number of anilines is 2. The van der Waals surface area contributed by atoms with Crippen LogP contribution >= 0.6 is 0 Å². The van der Waals surface area contributed by atoms with E-state index in [1.165, 1.54) is 18.5 Å². The normalized spacial score (nSPS) is 15.2. The first-order chi connectivity index (χ1) is 10.5. The third-order valence-electron chi connectivity index (χ3n) is 3.00. The third kappa shape index (κ3) is 3.25. The molecule has 0 amide bonds. The fourth-order valence-corrected chi connectivity index (χ4v) is 1.77. The van der Waals surface area contributed by atoms with Crippen LogP contribution in [0.15, 0.2) is 30.7 Å². The van der Waals surface area contributed by atoms with Crippen molar-refractivity contribution < 1.29 is 17.9 Å². The lowest BCUT2D eigenvalue weighted by Gasteiger charge is -2.27. The van der Waals surface area contributed by atoms with Crippen molar-refractivity contribution in [2.24, 2.45) is 0 Å². The summed E-state index contributed by atoms with van der Waals surface area (Å²) in [7, 11) is 0. The number of pyridine rings is 1. The molecule has 0 radical (unpaired) electrons. The number of rotatable bonds is 4. The van der Waals surface area contributed by atoms with Gasteiger partial charge in [0.15, 0.2) is 5.82 Å². The van der Waals surface area contributed by atoms with Crippen molar-refractivity contribution in [3.8, 4) is 5.88 Å². The lowest BCUT2D eigenvalue weighted by atomic mass is 10.2. The second-order valence-corrected chi connectivity index (χ2v) is 4.66. The Morgan fingerprint density at radius 3 is 2.50 bits per heavy atom. The van der Waals surface area contributed by atoms with Crippen molar-refractivity contribution in [3.05, 3.63) is 36.4 Å². The zero-order valence-electron chi connectivity index (χ0n) is 11.3. The van der Waals surface area contributed by atoms with Crippen LogP contribution in [0.2, 0.25) is 0 Å². The highest BCUT2D eigenvalue weighted by molar-refractivity contribution is 5.59. The zero-order valence-corrected chi connectivity index (χ0v) is 11.3. The molecule has 0 saturated carbocycles. The number of halogens is 3. The van der Waals surface area contributed by atoms with Crippen LogP contribution in [0.3, 0.4) is 0 Å². The smallest absolute Gasteiger partial charge is 0.433 e. The van der Waals surface area contributed by atoms with Gasteiger partial charge < -0.3 is 15.4 Å². The molecule has 2 aromatic heterocycles. The van der Waals surface area contributed by atoms with E-state index in [0.717, 1.165) is 25.4 Å². The highest BCUT2D eigenvalue weighted by Crippen LogP contribution is 2.29. The maximum absolute atomic E-state index is 12.5. The Bertz CT molecular complexity index is 643. The first-order valence-corrected chi connectivity index (χ1v) is 6.51. The highest BCUT2D eigenvalue weighted by atomic mass is 19.4. The van der Waals surface area contributed by atoms with Gasteiger partial charge in [-0.05, 0) is 12.1 Å². The maximum Gasteiger partial charge on any atom is 0.433 e. The molecule has 3 heterocycles. The van der Waals surface area contributed by atoms with E-state index in [9.17, 15) is 13.2 Å². The molecule has 3 rings (SSSR count). The number of ether oxygens (including phenoxy) is 1. The molecule has 1 saturated heterocycles. The molecule has 2 aromatic rings. The van der Waals surface area contributed by atoms with Gasteiger partial charge in [-0.25, -0.2) is 15.0 Å². The van der Waals surface area contributed by atoms with Gasteiger partial charge in [-0.2, -0.15) is 13.2 Å². The van der Waals surface area contributed by atoms with Crippen LogP contribution in [0.1, 0.15) is 5.69 Å². The summed E-state index contributed by atoms with van der Waals surface area (Å²) in [6, 6.07) is 2.17. The number of hydrogen-bond donors (Lipinski definition) is 2. The average Bonchev–Trinajstić information content (AvgIpc) is 2.44. The molecule has 0 aromatic carbocycles. The van der Waals surface area contributed by atoms with Crippen molar-refractivity contribution in [2.75, 3.05) is 18.4 Å². The van der Waals surface area contributed by atoms with Crippen LogP contribution in [0.4, 0.5) is 24.7 Å². The van der Waals surface area contributed by atoms with Crippen LogP contribution in [0.5, 0.6) is 5.88 Å². The van der Waals surface area contributed by atoms with E-state index < -0.39 is 11.9 Å². The second kappa shape index (κ2) is 5.76. The maximum atomic E-state index is 12.5. The SMILES string of the molecule is FC(F)(F)c1ccc(Nc2nccnc2OC2CNC2)cn1. The summed E-state index contributed by atoms with van der Waals surface area (Å²) in [5.41, 5.74) is -0.584.